The number of carbonyl (C=O) groups is 3. The molecule has 0 radical (unpaired) electrons. The third-order valence-electron chi connectivity index (χ3n) is 10.4. The van der Waals surface area contributed by atoms with Crippen LogP contribution in [0.1, 0.15) is 95.6 Å². The first kappa shape index (κ1) is 33.0. The lowest BCUT2D eigenvalue weighted by atomic mass is 9.51. The molecule has 0 aromatic heterocycles. The topological polar surface area (TPSA) is 129 Å². The number of phenolic OH excluding ortho intramolecular Hbond substituents is 1. The van der Waals surface area contributed by atoms with E-state index in [9.17, 15) is 24.6 Å². The molecule has 1 aromatic rings. The second-order valence-corrected chi connectivity index (χ2v) is 14.6. The first-order valence-corrected chi connectivity index (χ1v) is 16.3. The lowest BCUT2D eigenvalue weighted by Crippen LogP contribution is -2.72. The van der Waals surface area contributed by atoms with Gasteiger partial charge in [-0.3, -0.25) is 14.4 Å². The molecule has 3 aliphatic carbocycles. The van der Waals surface area contributed by atoms with Crippen molar-refractivity contribution in [2.75, 3.05) is 6.61 Å². The van der Waals surface area contributed by atoms with Crippen LogP contribution in [0.3, 0.4) is 0 Å². The van der Waals surface area contributed by atoms with Gasteiger partial charge in [-0.2, -0.15) is 0 Å². The fraction of sp³-hybridized carbons (Fsp3) is 0.500. The van der Waals surface area contributed by atoms with Crippen LogP contribution < -0.4 is 9.47 Å². The van der Waals surface area contributed by atoms with E-state index in [2.05, 4.69) is 19.9 Å². The zero-order chi connectivity index (χ0) is 34.1. The Hall–Kier alpha value is -3.95. The Balaban J connectivity index is 1.58. The molecule has 250 valence electrons. The normalized spacial score (nSPS) is 30.7. The van der Waals surface area contributed by atoms with Crippen LogP contribution in [0.5, 0.6) is 17.2 Å². The number of ketones is 2. The average molecular weight is 645 g/mol. The quantitative estimate of drug-likeness (QED) is 0.172. The van der Waals surface area contributed by atoms with Crippen LogP contribution in [-0.4, -0.2) is 57.3 Å². The number of rotatable bonds is 10. The van der Waals surface area contributed by atoms with E-state index in [1.807, 2.05) is 52.8 Å². The highest BCUT2D eigenvalue weighted by Gasteiger charge is 2.81. The predicted molar refractivity (Wildman–Crippen MR) is 175 cm³/mol. The van der Waals surface area contributed by atoms with E-state index in [0.717, 1.165) is 12.0 Å². The Morgan fingerprint density at radius 1 is 1.04 bits per heavy atom. The van der Waals surface area contributed by atoms with Crippen molar-refractivity contribution >= 4 is 24.1 Å². The number of ether oxygens (including phenoxy) is 4. The van der Waals surface area contributed by atoms with Gasteiger partial charge in [-0.05, 0) is 92.4 Å². The summed E-state index contributed by atoms with van der Waals surface area (Å²) in [6, 6.07) is 0. The van der Waals surface area contributed by atoms with Gasteiger partial charge in [0, 0.05) is 29.4 Å². The molecule has 9 nitrogen and oxygen atoms in total. The van der Waals surface area contributed by atoms with Gasteiger partial charge >= 0.3 is 0 Å². The lowest BCUT2D eigenvalue weighted by Gasteiger charge is -2.56. The highest BCUT2D eigenvalue weighted by atomic mass is 16.6. The molecule has 1 saturated heterocycles. The second-order valence-electron chi connectivity index (χ2n) is 14.6. The van der Waals surface area contributed by atoms with E-state index >= 15 is 0 Å². The molecule has 0 amide bonds. The summed E-state index contributed by atoms with van der Waals surface area (Å²) in [5.74, 6) is -1.31. The summed E-state index contributed by atoms with van der Waals surface area (Å²) < 4.78 is 25.6. The molecule has 9 heteroatoms. The van der Waals surface area contributed by atoms with Gasteiger partial charge in [0.25, 0.3) is 6.47 Å². The van der Waals surface area contributed by atoms with Crippen molar-refractivity contribution < 1.29 is 43.5 Å². The molecule has 4 bridgehead atoms. The third-order valence-corrected chi connectivity index (χ3v) is 10.4. The minimum absolute atomic E-state index is 0.0403. The number of aliphatic hydroxyl groups excluding tert-OH is 1. The predicted octanol–water partition coefficient (Wildman–Crippen LogP) is 6.26. The van der Waals surface area contributed by atoms with E-state index in [4.69, 9.17) is 18.9 Å². The van der Waals surface area contributed by atoms with Crippen molar-refractivity contribution in [3.63, 3.8) is 0 Å². The first-order valence-electron chi connectivity index (χ1n) is 16.3. The van der Waals surface area contributed by atoms with Crippen molar-refractivity contribution in [3.05, 3.63) is 69.5 Å². The Labute approximate surface area is 275 Å². The Morgan fingerprint density at radius 2 is 1.77 bits per heavy atom. The lowest BCUT2D eigenvalue weighted by molar-refractivity contribution is -0.171. The van der Waals surface area contributed by atoms with Gasteiger partial charge in [-0.1, -0.05) is 29.4 Å². The van der Waals surface area contributed by atoms with Gasteiger partial charge in [0.05, 0.1) is 11.2 Å². The standard InChI is InChI=1S/C38H44O9/c1-21(2)9-8-14-36(7)15-13-25-30(41)29-31(42)27-17-23-18-28-35(5,6)47-37(34(23)43,16-12-24(19-39)44-20-40)38(27,28)46-33(29)26(32(25)45-36)11-10-22(3)4/h9-10,12-13,15,17,20,23,28,39,41H,8,11,14,16,18-19H2,1-7H3/b24-12-/t23?,28?,36-,37?,38-/m1/s1. The van der Waals surface area contributed by atoms with Crippen LogP contribution in [0.15, 0.2) is 52.9 Å². The van der Waals surface area contributed by atoms with Crippen LogP contribution in [0.4, 0.5) is 0 Å². The molecule has 5 atom stereocenters. The maximum absolute atomic E-state index is 14.8. The van der Waals surface area contributed by atoms with Crippen molar-refractivity contribution in [1.29, 1.82) is 0 Å². The number of carbonyl (C=O) groups excluding carboxylic acids is 3. The summed E-state index contributed by atoms with van der Waals surface area (Å²) in [5.41, 5.74) is -1.16. The van der Waals surface area contributed by atoms with Gasteiger partial charge in [-0.25, -0.2) is 0 Å². The maximum atomic E-state index is 14.8. The summed E-state index contributed by atoms with van der Waals surface area (Å²) in [6.45, 7) is 13.5. The fourth-order valence-electron chi connectivity index (χ4n) is 8.26. The molecular formula is C38H44O9. The van der Waals surface area contributed by atoms with E-state index in [1.165, 1.54) is 11.6 Å². The molecule has 2 fully saturated rings. The van der Waals surface area contributed by atoms with Crippen molar-refractivity contribution in [3.8, 4) is 17.2 Å². The molecular weight excluding hydrogens is 600 g/mol. The summed E-state index contributed by atoms with van der Waals surface area (Å²) in [7, 11) is 0. The largest absolute Gasteiger partial charge is 0.506 e. The summed E-state index contributed by atoms with van der Waals surface area (Å²) >= 11 is 0. The number of hydrogen-bond donors (Lipinski definition) is 2. The SMILES string of the molecule is CC(C)=CCC[C@]1(C)C=Cc2c(O)c3c(c(CC=C(C)C)c2O1)O[C@]12C(=CC4CC1C(C)(C)OC2(C/C=C(/CO)OC=O)C4=O)C3=O. The summed E-state index contributed by atoms with van der Waals surface area (Å²) in [5, 5.41) is 21.6. The van der Waals surface area contributed by atoms with Gasteiger partial charge in [0.2, 0.25) is 0 Å². The molecule has 1 spiro atoms. The number of Topliss-reactive ketones (excluding diaryl/α,β-unsaturated/α-hetero) is 2. The second kappa shape index (κ2) is 11.3. The number of phenols is 1. The average Bonchev–Trinajstić information content (AvgIpc) is 3.15. The van der Waals surface area contributed by atoms with E-state index < -0.39 is 46.6 Å². The van der Waals surface area contributed by atoms with E-state index in [0.29, 0.717) is 36.1 Å². The molecule has 47 heavy (non-hydrogen) atoms. The number of allylic oxidation sites excluding steroid dienone is 5. The fourth-order valence-corrected chi connectivity index (χ4v) is 8.26. The number of benzene rings is 1. The zero-order valence-electron chi connectivity index (χ0n) is 28.2. The molecule has 1 saturated carbocycles. The minimum Gasteiger partial charge on any atom is -0.506 e. The van der Waals surface area contributed by atoms with E-state index in [-0.39, 0.29) is 47.1 Å². The smallest absolute Gasteiger partial charge is 0.298 e. The van der Waals surface area contributed by atoms with E-state index in [1.54, 1.807) is 6.08 Å². The third kappa shape index (κ3) is 4.84. The molecule has 7 rings (SSSR count). The van der Waals surface area contributed by atoms with Crippen LogP contribution in [-0.2, 0) is 25.5 Å². The number of aliphatic hydroxyl groups is 1. The molecule has 6 aliphatic rings. The summed E-state index contributed by atoms with van der Waals surface area (Å²) in [6.07, 6.45) is 13.2. The van der Waals surface area contributed by atoms with Crippen LogP contribution in [0.2, 0.25) is 0 Å². The van der Waals surface area contributed by atoms with Gasteiger partial charge in [-0.15, -0.1) is 0 Å². The Bertz CT molecular complexity index is 1710. The number of hydrogen-bond acceptors (Lipinski definition) is 9. The van der Waals surface area contributed by atoms with Crippen molar-refractivity contribution in [1.82, 2.24) is 0 Å². The van der Waals surface area contributed by atoms with Crippen LogP contribution in [0.25, 0.3) is 6.08 Å². The summed E-state index contributed by atoms with van der Waals surface area (Å²) in [4.78, 5) is 40.2. The van der Waals surface area contributed by atoms with Gasteiger partial charge < -0.3 is 29.2 Å². The minimum atomic E-state index is -1.66. The molecule has 3 aliphatic heterocycles. The van der Waals surface area contributed by atoms with Gasteiger partial charge in [0.15, 0.2) is 22.8 Å². The highest BCUT2D eigenvalue weighted by molar-refractivity contribution is 6.19. The molecule has 3 unspecified atom stereocenters. The molecule has 2 N–H and O–H groups in total. The molecule has 1 aromatic carbocycles. The highest BCUT2D eigenvalue weighted by Crippen LogP contribution is 2.68. The van der Waals surface area contributed by atoms with Gasteiger partial charge in [0.1, 0.15) is 40.8 Å². The maximum Gasteiger partial charge on any atom is 0.298 e. The monoisotopic (exact) mass is 644 g/mol. The number of aromatic hydroxyl groups is 1. The first-order chi connectivity index (χ1) is 22.1. The van der Waals surface area contributed by atoms with Crippen molar-refractivity contribution in [2.24, 2.45) is 11.8 Å². The Morgan fingerprint density at radius 3 is 2.43 bits per heavy atom. The molecule has 3 heterocycles. The van der Waals surface area contributed by atoms with Crippen molar-refractivity contribution in [2.45, 2.75) is 103 Å². The van der Waals surface area contributed by atoms with Crippen LogP contribution >= 0.6 is 0 Å². The van der Waals surface area contributed by atoms with Crippen LogP contribution in [0, 0.1) is 11.8 Å². The zero-order valence-corrected chi connectivity index (χ0v) is 28.2. The number of fused-ring (bicyclic) bond motifs is 2. The Kier molecular flexibility index (Phi) is 7.95.